The molecular weight excluding hydrogens is 362 g/mol. The molecule has 148 valence electrons. The molecule has 0 radical (unpaired) electrons. The predicted octanol–water partition coefficient (Wildman–Crippen LogP) is 2.10. The van der Waals surface area contributed by atoms with Crippen molar-refractivity contribution >= 4 is 17.7 Å². The molecule has 0 unspecified atom stereocenters. The number of hydrogen-bond donors (Lipinski definition) is 1. The highest BCUT2D eigenvalue weighted by atomic mass is 16.7. The van der Waals surface area contributed by atoms with E-state index in [2.05, 4.69) is 37.4 Å². The van der Waals surface area contributed by atoms with Crippen LogP contribution in [0.25, 0.3) is 0 Å². The second-order valence-corrected chi connectivity index (χ2v) is 6.57. The lowest BCUT2D eigenvalue weighted by Crippen LogP contribution is -2.46. The minimum Gasteiger partial charge on any atom is -0.454 e. The van der Waals surface area contributed by atoms with Gasteiger partial charge < -0.3 is 19.1 Å². The first-order chi connectivity index (χ1) is 13.7. The summed E-state index contributed by atoms with van der Waals surface area (Å²) >= 11 is 0. The number of benzene rings is 1. The number of amides is 1. The normalized spacial score (nSPS) is 16.1. The van der Waals surface area contributed by atoms with Crippen LogP contribution in [0, 0.1) is 0 Å². The highest BCUT2D eigenvalue weighted by Crippen LogP contribution is 2.32. The minimum absolute atomic E-state index is 0.298. The van der Waals surface area contributed by atoms with E-state index in [1.165, 1.54) is 5.56 Å². The van der Waals surface area contributed by atoms with Crippen LogP contribution < -0.4 is 19.7 Å². The lowest BCUT2D eigenvalue weighted by atomic mass is 10.1. The van der Waals surface area contributed by atoms with Crippen molar-refractivity contribution in [2.75, 3.05) is 49.8 Å². The first kappa shape index (κ1) is 18.3. The van der Waals surface area contributed by atoms with E-state index in [4.69, 9.17) is 14.2 Å². The number of aromatic nitrogens is 2. The maximum atomic E-state index is 11.4. The van der Waals surface area contributed by atoms with E-state index in [0.717, 1.165) is 50.0 Å². The Kier molecular flexibility index (Phi) is 5.43. The topological polar surface area (TPSA) is 89.1 Å². The summed E-state index contributed by atoms with van der Waals surface area (Å²) in [6.07, 6.45) is -0.526. The summed E-state index contributed by atoms with van der Waals surface area (Å²) in [7, 11) is 0. The van der Waals surface area contributed by atoms with Gasteiger partial charge in [-0.2, -0.15) is 0 Å². The molecule has 2 aliphatic rings. The van der Waals surface area contributed by atoms with Gasteiger partial charge in [-0.25, -0.2) is 4.79 Å². The summed E-state index contributed by atoms with van der Waals surface area (Å²) in [6, 6.07) is 9.70. The standard InChI is InChI=1S/C19H23N5O4/c1-2-26-19(25)20-17-5-6-18(22-21-17)24-9-7-23(8-10-24)12-14-3-4-15-16(11-14)28-13-27-15/h3-6,11H,2,7-10,12-13H2,1H3,(H,20,21,25). The van der Waals surface area contributed by atoms with Gasteiger partial charge in [-0.15, -0.1) is 10.2 Å². The molecule has 0 atom stereocenters. The average molecular weight is 385 g/mol. The van der Waals surface area contributed by atoms with E-state index in [9.17, 15) is 4.79 Å². The molecule has 0 aliphatic carbocycles. The van der Waals surface area contributed by atoms with Crippen molar-refractivity contribution in [1.29, 1.82) is 0 Å². The van der Waals surface area contributed by atoms with Crippen molar-refractivity contribution in [3.63, 3.8) is 0 Å². The third kappa shape index (κ3) is 4.25. The van der Waals surface area contributed by atoms with Gasteiger partial charge in [-0.3, -0.25) is 10.2 Å². The highest BCUT2D eigenvalue weighted by Gasteiger charge is 2.20. The van der Waals surface area contributed by atoms with E-state index in [-0.39, 0.29) is 0 Å². The number of hydrogen-bond acceptors (Lipinski definition) is 8. The van der Waals surface area contributed by atoms with Crippen molar-refractivity contribution in [2.45, 2.75) is 13.5 Å². The monoisotopic (exact) mass is 385 g/mol. The van der Waals surface area contributed by atoms with Gasteiger partial charge in [0.25, 0.3) is 0 Å². The molecule has 1 amide bonds. The van der Waals surface area contributed by atoms with Crippen LogP contribution >= 0.6 is 0 Å². The fourth-order valence-corrected chi connectivity index (χ4v) is 3.26. The molecule has 0 saturated carbocycles. The Hall–Kier alpha value is -3.07. The van der Waals surface area contributed by atoms with Crippen LogP contribution in [-0.2, 0) is 11.3 Å². The van der Waals surface area contributed by atoms with Gasteiger partial charge >= 0.3 is 6.09 Å². The maximum Gasteiger partial charge on any atom is 0.412 e. The Morgan fingerprint density at radius 1 is 1.11 bits per heavy atom. The number of anilines is 2. The smallest absolute Gasteiger partial charge is 0.412 e. The SMILES string of the molecule is CCOC(=O)Nc1ccc(N2CCN(Cc3ccc4c(c3)OCO4)CC2)nn1. The molecule has 2 aromatic rings. The van der Waals surface area contributed by atoms with Crippen LogP contribution in [0.5, 0.6) is 11.5 Å². The van der Waals surface area contributed by atoms with Crippen LogP contribution in [-0.4, -0.2) is 60.8 Å². The van der Waals surface area contributed by atoms with Gasteiger partial charge in [0.05, 0.1) is 6.61 Å². The van der Waals surface area contributed by atoms with Crippen molar-refractivity contribution < 1.29 is 19.0 Å². The maximum absolute atomic E-state index is 11.4. The molecular formula is C19H23N5O4. The van der Waals surface area contributed by atoms with Gasteiger partial charge in [-0.1, -0.05) is 6.07 Å². The van der Waals surface area contributed by atoms with Crippen LogP contribution in [0.3, 0.4) is 0 Å². The number of carbonyl (C=O) groups is 1. The molecule has 1 fully saturated rings. The Labute approximate surface area is 163 Å². The molecule has 3 heterocycles. The molecule has 9 nitrogen and oxygen atoms in total. The Bertz CT molecular complexity index is 822. The first-order valence-corrected chi connectivity index (χ1v) is 9.34. The number of carbonyl (C=O) groups excluding carboxylic acids is 1. The summed E-state index contributed by atoms with van der Waals surface area (Å²) in [5.41, 5.74) is 1.21. The zero-order valence-corrected chi connectivity index (χ0v) is 15.8. The largest absolute Gasteiger partial charge is 0.454 e. The van der Waals surface area contributed by atoms with Crippen molar-refractivity contribution in [2.24, 2.45) is 0 Å². The van der Waals surface area contributed by atoms with E-state index in [1.807, 2.05) is 12.1 Å². The van der Waals surface area contributed by atoms with Gasteiger partial charge in [0.2, 0.25) is 6.79 Å². The quantitative estimate of drug-likeness (QED) is 0.837. The molecule has 1 aromatic carbocycles. The second-order valence-electron chi connectivity index (χ2n) is 6.57. The van der Waals surface area contributed by atoms with E-state index >= 15 is 0 Å². The molecule has 1 aromatic heterocycles. The van der Waals surface area contributed by atoms with Crippen LogP contribution in [0.2, 0.25) is 0 Å². The third-order valence-electron chi connectivity index (χ3n) is 4.70. The zero-order chi connectivity index (χ0) is 19.3. The Morgan fingerprint density at radius 3 is 2.68 bits per heavy atom. The molecule has 1 saturated heterocycles. The summed E-state index contributed by atoms with van der Waals surface area (Å²) in [5.74, 6) is 2.82. The second kappa shape index (κ2) is 8.30. The van der Waals surface area contributed by atoms with Gasteiger partial charge in [0, 0.05) is 32.7 Å². The number of rotatable bonds is 5. The van der Waals surface area contributed by atoms with Crippen molar-refractivity contribution in [3.8, 4) is 11.5 Å². The third-order valence-corrected chi connectivity index (χ3v) is 4.70. The van der Waals surface area contributed by atoms with Gasteiger partial charge in [0.1, 0.15) is 0 Å². The van der Waals surface area contributed by atoms with E-state index < -0.39 is 6.09 Å². The molecule has 9 heteroatoms. The van der Waals surface area contributed by atoms with Crippen LogP contribution in [0.4, 0.5) is 16.4 Å². The van der Waals surface area contributed by atoms with E-state index in [1.54, 1.807) is 13.0 Å². The van der Waals surface area contributed by atoms with Gasteiger partial charge in [-0.05, 0) is 36.8 Å². The molecule has 1 N–H and O–H groups in total. The fraction of sp³-hybridized carbons (Fsp3) is 0.421. The molecule has 2 aliphatic heterocycles. The Balaban J connectivity index is 1.28. The van der Waals surface area contributed by atoms with Crippen LogP contribution in [0.1, 0.15) is 12.5 Å². The minimum atomic E-state index is -0.526. The predicted molar refractivity (Wildman–Crippen MR) is 103 cm³/mol. The fourth-order valence-electron chi connectivity index (χ4n) is 3.26. The Morgan fingerprint density at radius 2 is 1.93 bits per heavy atom. The summed E-state index contributed by atoms with van der Waals surface area (Å²) in [4.78, 5) is 16.0. The van der Waals surface area contributed by atoms with E-state index in [0.29, 0.717) is 19.2 Å². The first-order valence-electron chi connectivity index (χ1n) is 9.34. The highest BCUT2D eigenvalue weighted by molar-refractivity contribution is 5.83. The van der Waals surface area contributed by atoms with Crippen molar-refractivity contribution in [1.82, 2.24) is 15.1 Å². The summed E-state index contributed by atoms with van der Waals surface area (Å²) in [5, 5.41) is 10.8. The molecule has 28 heavy (non-hydrogen) atoms. The van der Waals surface area contributed by atoms with Gasteiger partial charge in [0.15, 0.2) is 23.1 Å². The van der Waals surface area contributed by atoms with Crippen molar-refractivity contribution in [3.05, 3.63) is 35.9 Å². The number of piperazine rings is 1. The van der Waals surface area contributed by atoms with Crippen LogP contribution in [0.15, 0.2) is 30.3 Å². The molecule has 4 rings (SSSR count). The zero-order valence-electron chi connectivity index (χ0n) is 15.8. The number of nitrogens with one attached hydrogen (secondary N) is 1. The number of ether oxygens (including phenoxy) is 3. The number of fused-ring (bicyclic) bond motifs is 1. The molecule has 0 bridgehead atoms. The lowest BCUT2D eigenvalue weighted by molar-refractivity contribution is 0.167. The summed E-state index contributed by atoms with van der Waals surface area (Å²) in [6.45, 7) is 6.82. The molecule has 0 spiro atoms. The summed E-state index contributed by atoms with van der Waals surface area (Å²) < 4.78 is 15.6. The average Bonchev–Trinajstić information content (AvgIpc) is 3.17. The number of nitrogens with zero attached hydrogens (tertiary/aromatic N) is 4. The lowest BCUT2D eigenvalue weighted by Gasteiger charge is -2.35.